The van der Waals surface area contributed by atoms with Crippen molar-refractivity contribution in [2.75, 3.05) is 0 Å². The summed E-state index contributed by atoms with van der Waals surface area (Å²) in [5, 5.41) is -0.250. The predicted octanol–water partition coefficient (Wildman–Crippen LogP) is 2.75. The van der Waals surface area contributed by atoms with E-state index in [9.17, 15) is 9.59 Å². The molecule has 0 fully saturated rings. The maximum absolute atomic E-state index is 12.0. The summed E-state index contributed by atoms with van der Waals surface area (Å²) in [5.41, 5.74) is 6.18. The van der Waals surface area contributed by atoms with Crippen LogP contribution in [0.15, 0.2) is 24.3 Å². The molecule has 1 aromatic carbocycles. The van der Waals surface area contributed by atoms with Gasteiger partial charge in [-0.2, -0.15) is 0 Å². The fraction of sp³-hybridized carbons (Fsp3) is 0.467. The van der Waals surface area contributed by atoms with Gasteiger partial charge in [0.2, 0.25) is 5.91 Å². The number of carbonyl (C=O) groups excluding carboxylic acids is 2. The third kappa shape index (κ3) is 5.65. The van der Waals surface area contributed by atoms with Gasteiger partial charge in [-0.3, -0.25) is 4.79 Å². The fourth-order valence-corrected chi connectivity index (χ4v) is 2.21. The number of ether oxygens (including phenoxy) is 1. The summed E-state index contributed by atoms with van der Waals surface area (Å²) in [6, 6.07) is 7.23. The molecule has 0 radical (unpaired) electrons. The molecular formula is C15H21NO3S. The normalized spacial score (nSPS) is 12.8. The zero-order valence-corrected chi connectivity index (χ0v) is 13.1. The van der Waals surface area contributed by atoms with Crippen LogP contribution < -0.4 is 5.73 Å². The molecule has 0 aromatic heterocycles. The predicted molar refractivity (Wildman–Crippen MR) is 81.6 cm³/mol. The first-order chi connectivity index (χ1) is 9.19. The molecule has 0 heterocycles. The van der Waals surface area contributed by atoms with Crippen molar-refractivity contribution in [2.45, 2.75) is 44.3 Å². The number of amides is 1. The van der Waals surface area contributed by atoms with Crippen molar-refractivity contribution < 1.29 is 14.3 Å². The van der Waals surface area contributed by atoms with Gasteiger partial charge >= 0.3 is 5.97 Å². The van der Waals surface area contributed by atoms with E-state index in [4.69, 9.17) is 10.5 Å². The second-order valence-corrected chi connectivity index (χ2v) is 6.89. The highest BCUT2D eigenvalue weighted by molar-refractivity contribution is 7.99. The van der Waals surface area contributed by atoms with Gasteiger partial charge in [0.05, 0.1) is 10.8 Å². The lowest BCUT2D eigenvalue weighted by Gasteiger charge is -2.19. The molecule has 1 atom stereocenters. The molecule has 0 spiro atoms. The lowest BCUT2D eigenvalue weighted by Crippen LogP contribution is -2.24. The summed E-state index contributed by atoms with van der Waals surface area (Å²) >= 11 is 1.44. The van der Waals surface area contributed by atoms with Crippen LogP contribution in [0.4, 0.5) is 0 Å². The number of primary amides is 1. The molecule has 0 aliphatic carbocycles. The Hall–Kier alpha value is -1.49. The van der Waals surface area contributed by atoms with E-state index in [1.165, 1.54) is 11.8 Å². The molecule has 0 aliphatic heterocycles. The van der Waals surface area contributed by atoms with Crippen LogP contribution >= 0.6 is 11.8 Å². The smallest absolute Gasteiger partial charge is 0.338 e. The van der Waals surface area contributed by atoms with E-state index in [1.807, 2.05) is 32.9 Å². The summed E-state index contributed by atoms with van der Waals surface area (Å²) in [5.74, 6) is -0.0496. The molecule has 2 N–H and O–H groups in total. The molecule has 0 aliphatic rings. The maximum atomic E-state index is 12.0. The molecule has 5 heteroatoms. The second-order valence-electron chi connectivity index (χ2n) is 5.56. The lowest BCUT2D eigenvalue weighted by atomic mass is 10.1. The van der Waals surface area contributed by atoms with Crippen LogP contribution in [0.5, 0.6) is 0 Å². The SMILES string of the molecule is C[C@@H](SCc1cccc(C(=O)OC(C)(C)C)c1)C(N)=O. The zero-order valence-electron chi connectivity index (χ0n) is 12.3. The Labute approximate surface area is 124 Å². The third-order valence-electron chi connectivity index (χ3n) is 2.46. The van der Waals surface area contributed by atoms with Crippen molar-refractivity contribution in [3.63, 3.8) is 0 Å². The van der Waals surface area contributed by atoms with E-state index in [0.29, 0.717) is 11.3 Å². The van der Waals surface area contributed by atoms with Crippen LogP contribution in [0.3, 0.4) is 0 Å². The Bertz CT molecular complexity index is 494. The number of esters is 1. The molecule has 1 rings (SSSR count). The summed E-state index contributed by atoms with van der Waals surface area (Å²) in [4.78, 5) is 22.9. The second kappa shape index (κ2) is 6.79. The van der Waals surface area contributed by atoms with Gasteiger partial charge in [0.15, 0.2) is 0 Å². The number of nitrogens with two attached hydrogens (primary N) is 1. The monoisotopic (exact) mass is 295 g/mol. The molecule has 0 bridgehead atoms. The Morgan fingerprint density at radius 2 is 2.00 bits per heavy atom. The topological polar surface area (TPSA) is 69.4 Å². The van der Waals surface area contributed by atoms with Gasteiger partial charge in [-0.25, -0.2) is 4.79 Å². The van der Waals surface area contributed by atoms with E-state index < -0.39 is 5.60 Å². The van der Waals surface area contributed by atoms with Crippen molar-refractivity contribution >= 4 is 23.6 Å². The number of rotatable bonds is 5. The number of hydrogen-bond donors (Lipinski definition) is 1. The summed E-state index contributed by atoms with van der Waals surface area (Å²) < 4.78 is 5.32. The highest BCUT2D eigenvalue weighted by Crippen LogP contribution is 2.19. The lowest BCUT2D eigenvalue weighted by molar-refractivity contribution is -0.117. The van der Waals surface area contributed by atoms with Crippen LogP contribution in [0.2, 0.25) is 0 Å². The van der Waals surface area contributed by atoms with Crippen LogP contribution in [-0.2, 0) is 15.3 Å². The number of benzene rings is 1. The molecule has 0 saturated carbocycles. The minimum absolute atomic E-state index is 0.250. The maximum Gasteiger partial charge on any atom is 0.338 e. The molecular weight excluding hydrogens is 274 g/mol. The number of hydrogen-bond acceptors (Lipinski definition) is 4. The first-order valence-corrected chi connectivity index (χ1v) is 7.47. The summed E-state index contributed by atoms with van der Waals surface area (Å²) in [6.45, 7) is 7.27. The first-order valence-electron chi connectivity index (χ1n) is 6.42. The standard InChI is InChI=1S/C15H21NO3S/c1-10(13(16)17)20-9-11-6-5-7-12(8-11)14(18)19-15(2,3)4/h5-8,10H,9H2,1-4H3,(H2,16,17)/t10-/m1/s1. The van der Waals surface area contributed by atoms with Crippen molar-refractivity contribution in [1.82, 2.24) is 0 Å². The molecule has 0 unspecified atom stereocenters. The van der Waals surface area contributed by atoms with Crippen LogP contribution in [0, 0.1) is 0 Å². The number of carbonyl (C=O) groups is 2. The summed E-state index contributed by atoms with van der Waals surface area (Å²) in [6.07, 6.45) is 0. The highest BCUT2D eigenvalue weighted by atomic mass is 32.2. The Balaban J connectivity index is 2.71. The molecule has 110 valence electrons. The fourth-order valence-electron chi connectivity index (χ4n) is 1.43. The summed E-state index contributed by atoms with van der Waals surface area (Å²) in [7, 11) is 0. The zero-order chi connectivity index (χ0) is 15.3. The van der Waals surface area contributed by atoms with Crippen molar-refractivity contribution in [3.05, 3.63) is 35.4 Å². The number of thioether (sulfide) groups is 1. The molecule has 1 aromatic rings. The highest BCUT2D eigenvalue weighted by Gasteiger charge is 2.18. The van der Waals surface area contributed by atoms with Gasteiger partial charge in [-0.15, -0.1) is 11.8 Å². The molecule has 1 amide bonds. The van der Waals surface area contributed by atoms with E-state index in [0.717, 1.165) is 5.56 Å². The minimum atomic E-state index is -0.512. The van der Waals surface area contributed by atoms with Gasteiger partial charge in [-0.05, 0) is 45.4 Å². The van der Waals surface area contributed by atoms with Gasteiger partial charge in [0.25, 0.3) is 0 Å². The van der Waals surface area contributed by atoms with E-state index in [2.05, 4.69) is 0 Å². The minimum Gasteiger partial charge on any atom is -0.456 e. The average Bonchev–Trinajstić information content (AvgIpc) is 2.34. The van der Waals surface area contributed by atoms with Crippen molar-refractivity contribution in [3.8, 4) is 0 Å². The van der Waals surface area contributed by atoms with Crippen LogP contribution in [0.25, 0.3) is 0 Å². The van der Waals surface area contributed by atoms with Crippen molar-refractivity contribution in [2.24, 2.45) is 5.73 Å². The quantitative estimate of drug-likeness (QED) is 0.848. The van der Waals surface area contributed by atoms with Gasteiger partial charge in [0.1, 0.15) is 5.60 Å². The largest absolute Gasteiger partial charge is 0.456 e. The van der Waals surface area contributed by atoms with Crippen LogP contribution in [0.1, 0.15) is 43.6 Å². The van der Waals surface area contributed by atoms with Crippen LogP contribution in [-0.4, -0.2) is 22.7 Å². The van der Waals surface area contributed by atoms with E-state index >= 15 is 0 Å². The van der Waals surface area contributed by atoms with E-state index in [1.54, 1.807) is 19.1 Å². The Kier molecular flexibility index (Phi) is 5.62. The Morgan fingerprint density at radius 1 is 1.35 bits per heavy atom. The molecule has 4 nitrogen and oxygen atoms in total. The van der Waals surface area contributed by atoms with Gasteiger partial charge < -0.3 is 10.5 Å². The first kappa shape index (κ1) is 16.6. The van der Waals surface area contributed by atoms with Gasteiger partial charge in [-0.1, -0.05) is 12.1 Å². The van der Waals surface area contributed by atoms with Crippen molar-refractivity contribution in [1.29, 1.82) is 0 Å². The third-order valence-corrected chi connectivity index (χ3v) is 3.69. The van der Waals surface area contributed by atoms with E-state index in [-0.39, 0.29) is 17.1 Å². The average molecular weight is 295 g/mol. The molecule has 20 heavy (non-hydrogen) atoms. The Morgan fingerprint density at radius 3 is 2.55 bits per heavy atom. The molecule has 0 saturated heterocycles. The van der Waals surface area contributed by atoms with Gasteiger partial charge in [0, 0.05) is 5.75 Å².